The van der Waals surface area contributed by atoms with E-state index in [-0.39, 0.29) is 38.5 Å². The number of aliphatic imine (C=N–C) groups is 1. The number of rotatable bonds is 2. The average molecular weight is 400 g/mol. The Bertz CT molecular complexity index is 973. The molecule has 1 heterocycles. The number of H-pyrrole nitrogens is 1. The van der Waals surface area contributed by atoms with Crippen LogP contribution >= 0.6 is 15.9 Å². The van der Waals surface area contributed by atoms with Gasteiger partial charge in [-0.25, -0.2) is 23.1 Å². The molecule has 0 radical (unpaired) electrons. The van der Waals surface area contributed by atoms with Crippen LogP contribution in [0.1, 0.15) is 5.56 Å². The summed E-state index contributed by atoms with van der Waals surface area (Å²) in [5.74, 6) is -3.20. The van der Waals surface area contributed by atoms with Crippen LogP contribution in [0.3, 0.4) is 0 Å². The first-order chi connectivity index (χ1) is 11.4. The van der Waals surface area contributed by atoms with E-state index in [1.807, 2.05) is 5.48 Å². The molecule has 0 saturated carbocycles. The van der Waals surface area contributed by atoms with Crippen LogP contribution in [0.25, 0.3) is 11.0 Å². The van der Waals surface area contributed by atoms with Crippen molar-refractivity contribution in [3.8, 4) is 0 Å². The second kappa shape index (κ2) is 6.13. The Labute approximate surface area is 141 Å². The van der Waals surface area contributed by atoms with E-state index >= 15 is 0 Å². The molecule has 0 bridgehead atoms. The fourth-order valence-electron chi connectivity index (χ4n) is 2.14. The quantitative estimate of drug-likeness (QED) is 0.301. The van der Waals surface area contributed by atoms with Gasteiger partial charge in [0.25, 0.3) is 0 Å². The Morgan fingerprint density at radius 2 is 2.00 bits per heavy atom. The van der Waals surface area contributed by atoms with Gasteiger partial charge in [-0.15, -0.1) is 0 Å². The van der Waals surface area contributed by atoms with Crippen molar-refractivity contribution in [3.63, 3.8) is 0 Å². The van der Waals surface area contributed by atoms with Crippen LogP contribution in [0.2, 0.25) is 0 Å². The van der Waals surface area contributed by atoms with Crippen molar-refractivity contribution in [2.24, 2.45) is 4.99 Å². The SMILES string of the molecule is Nc1nc2c(F)c(F)cc(C(=Nc3ccc(F)c(Br)c3)NO)c2[nH]1. The molecule has 0 atom stereocenters. The number of nitrogens with zero attached hydrogens (tertiary/aromatic N) is 2. The van der Waals surface area contributed by atoms with Crippen LogP contribution in [0.4, 0.5) is 24.8 Å². The van der Waals surface area contributed by atoms with Gasteiger partial charge in [-0.3, -0.25) is 10.7 Å². The summed E-state index contributed by atoms with van der Waals surface area (Å²) in [7, 11) is 0. The molecule has 2 aromatic carbocycles. The number of anilines is 1. The Morgan fingerprint density at radius 3 is 2.67 bits per heavy atom. The number of nitrogens with two attached hydrogens (primary N) is 1. The van der Waals surface area contributed by atoms with E-state index in [0.29, 0.717) is 0 Å². The average Bonchev–Trinajstić information content (AvgIpc) is 2.94. The van der Waals surface area contributed by atoms with Crippen LogP contribution in [-0.2, 0) is 0 Å². The normalized spacial score (nSPS) is 12.0. The monoisotopic (exact) mass is 399 g/mol. The first-order valence-corrected chi connectivity index (χ1v) is 7.27. The molecule has 0 aliphatic carbocycles. The molecule has 0 saturated heterocycles. The summed E-state index contributed by atoms with van der Waals surface area (Å²) < 4.78 is 41.0. The zero-order chi connectivity index (χ0) is 17.4. The number of hydrogen-bond donors (Lipinski definition) is 4. The number of nitrogens with one attached hydrogen (secondary N) is 2. The highest BCUT2D eigenvalue weighted by Gasteiger charge is 2.19. The van der Waals surface area contributed by atoms with Crippen molar-refractivity contribution >= 4 is 44.4 Å². The van der Waals surface area contributed by atoms with Gasteiger partial charge in [-0.1, -0.05) is 0 Å². The topological polar surface area (TPSA) is 99.3 Å². The molecule has 24 heavy (non-hydrogen) atoms. The van der Waals surface area contributed by atoms with Crippen LogP contribution < -0.4 is 11.2 Å². The van der Waals surface area contributed by atoms with Gasteiger partial charge in [0, 0.05) is 5.56 Å². The molecule has 5 N–H and O–H groups in total. The Hall–Kier alpha value is -2.59. The molecule has 0 spiro atoms. The zero-order valence-electron chi connectivity index (χ0n) is 11.7. The molecule has 3 rings (SSSR count). The Balaban J connectivity index is 2.21. The third-order valence-electron chi connectivity index (χ3n) is 3.19. The van der Waals surface area contributed by atoms with E-state index in [2.05, 4.69) is 30.9 Å². The second-order valence-corrected chi connectivity index (χ2v) is 5.59. The predicted octanol–water partition coefficient (Wildman–Crippen LogP) is 3.38. The molecule has 0 aliphatic heterocycles. The number of hydrogen-bond acceptors (Lipinski definition) is 4. The number of halogens is 4. The van der Waals surface area contributed by atoms with E-state index in [1.54, 1.807) is 0 Å². The smallest absolute Gasteiger partial charge is 0.198 e. The number of fused-ring (bicyclic) bond motifs is 1. The molecule has 124 valence electrons. The molecular formula is C14H9BrF3N5O. The van der Waals surface area contributed by atoms with Crippen molar-refractivity contribution in [1.82, 2.24) is 15.4 Å². The van der Waals surface area contributed by atoms with Crippen LogP contribution in [0.15, 0.2) is 33.7 Å². The van der Waals surface area contributed by atoms with E-state index in [1.165, 1.54) is 12.1 Å². The summed E-state index contributed by atoms with van der Waals surface area (Å²) >= 11 is 3.01. The van der Waals surface area contributed by atoms with E-state index in [4.69, 9.17) is 5.73 Å². The summed E-state index contributed by atoms with van der Waals surface area (Å²) in [6, 6.07) is 4.68. The Kier molecular flexibility index (Phi) is 4.16. The van der Waals surface area contributed by atoms with E-state index in [9.17, 15) is 18.4 Å². The number of amidine groups is 1. The van der Waals surface area contributed by atoms with Gasteiger partial charge in [0.1, 0.15) is 11.3 Å². The molecule has 3 aromatic rings. The summed E-state index contributed by atoms with van der Waals surface area (Å²) in [5.41, 5.74) is 7.27. The maximum absolute atomic E-state index is 13.8. The van der Waals surface area contributed by atoms with Gasteiger partial charge in [-0.05, 0) is 40.2 Å². The highest BCUT2D eigenvalue weighted by molar-refractivity contribution is 9.10. The summed E-state index contributed by atoms with van der Waals surface area (Å²) in [4.78, 5) is 10.3. The fraction of sp³-hybridized carbons (Fsp3) is 0. The number of hydroxylamine groups is 1. The Morgan fingerprint density at radius 1 is 1.25 bits per heavy atom. The molecule has 10 heteroatoms. The standard InChI is InChI=1S/C14H9BrF3N5O/c15-7-3-5(1-2-8(7)16)20-13(23-24)6-4-9(17)10(18)12-11(6)21-14(19)22-12/h1-4,24H,(H,20,23)(H3,19,21,22). The first kappa shape index (κ1) is 16.3. The van der Waals surface area contributed by atoms with Crippen LogP contribution in [0, 0.1) is 17.5 Å². The third kappa shape index (κ3) is 2.81. The lowest BCUT2D eigenvalue weighted by atomic mass is 10.1. The van der Waals surface area contributed by atoms with Gasteiger partial charge in [0.2, 0.25) is 0 Å². The molecule has 0 unspecified atom stereocenters. The van der Waals surface area contributed by atoms with Crippen LogP contribution in [-0.4, -0.2) is 21.0 Å². The molecule has 0 fully saturated rings. The summed E-state index contributed by atoms with van der Waals surface area (Å²) in [6.07, 6.45) is 0. The van der Waals surface area contributed by atoms with E-state index in [0.717, 1.165) is 12.1 Å². The minimum atomic E-state index is -1.19. The highest BCUT2D eigenvalue weighted by atomic mass is 79.9. The molecule has 6 nitrogen and oxygen atoms in total. The van der Waals surface area contributed by atoms with Crippen molar-refractivity contribution in [1.29, 1.82) is 0 Å². The van der Waals surface area contributed by atoms with Crippen molar-refractivity contribution in [3.05, 3.63) is 51.8 Å². The van der Waals surface area contributed by atoms with Gasteiger partial charge in [-0.2, -0.15) is 0 Å². The second-order valence-electron chi connectivity index (χ2n) is 4.74. The lowest BCUT2D eigenvalue weighted by Crippen LogP contribution is -2.21. The number of nitrogen functional groups attached to an aromatic ring is 1. The number of imidazole rings is 1. The van der Waals surface area contributed by atoms with Crippen molar-refractivity contribution in [2.45, 2.75) is 0 Å². The van der Waals surface area contributed by atoms with Gasteiger partial charge < -0.3 is 10.7 Å². The minimum absolute atomic E-state index is 0.00366. The fourth-order valence-corrected chi connectivity index (χ4v) is 2.50. The summed E-state index contributed by atoms with van der Waals surface area (Å²) in [6.45, 7) is 0. The number of aromatic amines is 1. The number of aromatic nitrogens is 2. The predicted molar refractivity (Wildman–Crippen MR) is 85.6 cm³/mol. The lowest BCUT2D eigenvalue weighted by Gasteiger charge is -2.08. The zero-order valence-corrected chi connectivity index (χ0v) is 13.3. The maximum Gasteiger partial charge on any atom is 0.198 e. The third-order valence-corrected chi connectivity index (χ3v) is 3.79. The molecule has 0 amide bonds. The minimum Gasteiger partial charge on any atom is -0.369 e. The van der Waals surface area contributed by atoms with E-state index < -0.39 is 17.5 Å². The maximum atomic E-state index is 13.8. The van der Waals surface area contributed by atoms with Crippen LogP contribution in [0.5, 0.6) is 0 Å². The molecule has 1 aromatic heterocycles. The largest absolute Gasteiger partial charge is 0.369 e. The highest BCUT2D eigenvalue weighted by Crippen LogP contribution is 2.26. The van der Waals surface area contributed by atoms with Gasteiger partial charge >= 0.3 is 0 Å². The first-order valence-electron chi connectivity index (χ1n) is 6.48. The van der Waals surface area contributed by atoms with Gasteiger partial charge in [0.05, 0.1) is 15.7 Å². The number of benzene rings is 2. The van der Waals surface area contributed by atoms with Crippen molar-refractivity contribution < 1.29 is 18.4 Å². The molecule has 0 aliphatic rings. The lowest BCUT2D eigenvalue weighted by molar-refractivity contribution is 0.235. The molecular weight excluding hydrogens is 391 g/mol. The summed E-state index contributed by atoms with van der Waals surface area (Å²) in [5, 5.41) is 9.34. The van der Waals surface area contributed by atoms with Crippen molar-refractivity contribution in [2.75, 3.05) is 5.73 Å². The van der Waals surface area contributed by atoms with Gasteiger partial charge in [0.15, 0.2) is 23.4 Å².